The van der Waals surface area contributed by atoms with E-state index in [9.17, 15) is 29.7 Å². The maximum Gasteiger partial charge on any atom is 0.352 e. The fourth-order valence-corrected chi connectivity index (χ4v) is 6.18. The summed E-state index contributed by atoms with van der Waals surface area (Å²) in [6.07, 6.45) is -2.12. The van der Waals surface area contributed by atoms with Crippen molar-refractivity contribution in [3.8, 4) is 11.5 Å². The molecule has 0 radical (unpaired) electrons. The number of carbonyl (C=O) groups excluding carboxylic acids is 2. The van der Waals surface area contributed by atoms with Gasteiger partial charge < -0.3 is 39.5 Å². The van der Waals surface area contributed by atoms with Crippen molar-refractivity contribution >= 4 is 17.9 Å². The number of aliphatic hydroxyl groups is 2. The number of carboxylic acids is 1. The molecule has 4 N–H and O–H groups in total. The molecule has 2 bridgehead atoms. The van der Waals surface area contributed by atoms with Crippen molar-refractivity contribution in [2.75, 3.05) is 13.6 Å². The molecule has 5 rings (SSSR count). The lowest BCUT2D eigenvalue weighted by atomic mass is 9.50. The van der Waals surface area contributed by atoms with Gasteiger partial charge in [0, 0.05) is 18.0 Å². The lowest BCUT2D eigenvalue weighted by Crippen LogP contribution is -2.74. The zero-order chi connectivity index (χ0) is 25.3. The molecule has 4 aliphatic rings. The number of carbonyl (C=O) groups is 3. The zero-order valence-electron chi connectivity index (χ0n) is 19.3. The number of phenols is 1. The molecule has 0 unspecified atom stereocenters. The number of hydrogen-bond acceptors (Lipinski definition) is 10. The fraction of sp³-hybridized carbons (Fsp3) is 0.542. The van der Waals surface area contributed by atoms with Crippen molar-refractivity contribution in [2.45, 2.75) is 68.0 Å². The van der Waals surface area contributed by atoms with Gasteiger partial charge in [-0.15, -0.1) is 0 Å². The van der Waals surface area contributed by atoms with Crippen LogP contribution >= 0.6 is 0 Å². The van der Waals surface area contributed by atoms with E-state index in [2.05, 4.69) is 4.90 Å². The van der Waals surface area contributed by atoms with E-state index in [-0.39, 0.29) is 29.7 Å². The van der Waals surface area contributed by atoms with Gasteiger partial charge in [-0.1, -0.05) is 6.07 Å². The molecule has 0 saturated carbocycles. The van der Waals surface area contributed by atoms with Gasteiger partial charge in [0.15, 0.2) is 29.8 Å². The second-order valence-electron chi connectivity index (χ2n) is 9.71. The van der Waals surface area contributed by atoms with Crippen molar-refractivity contribution in [1.29, 1.82) is 0 Å². The molecule has 1 spiro atoms. The Morgan fingerprint density at radius 3 is 2.77 bits per heavy atom. The highest BCUT2D eigenvalue weighted by molar-refractivity contribution is 5.83. The molecule has 11 nitrogen and oxygen atoms in total. The van der Waals surface area contributed by atoms with Crippen LogP contribution in [0.25, 0.3) is 0 Å². The number of aromatic hydroxyl groups is 1. The number of nitrogens with zero attached hydrogens (tertiary/aromatic N) is 1. The number of ether oxygens (including phenoxy) is 3. The highest BCUT2D eigenvalue weighted by atomic mass is 16.6. The molecule has 1 aromatic rings. The summed E-state index contributed by atoms with van der Waals surface area (Å²) in [6.45, 7) is 1.94. The smallest absolute Gasteiger partial charge is 0.352 e. The fourth-order valence-electron chi connectivity index (χ4n) is 6.18. The molecule has 2 heterocycles. The van der Waals surface area contributed by atoms with Crippen molar-refractivity contribution in [3.63, 3.8) is 0 Å². The molecule has 1 saturated heterocycles. The van der Waals surface area contributed by atoms with E-state index < -0.39 is 53.7 Å². The molecule has 188 valence electrons. The quantitative estimate of drug-likeness (QED) is 0.397. The Hall–Kier alpha value is -3.15. The summed E-state index contributed by atoms with van der Waals surface area (Å²) >= 11 is 0. The Kier molecular flexibility index (Phi) is 5.35. The molecule has 0 amide bonds. The lowest BCUT2D eigenvalue weighted by molar-refractivity contribution is -0.176. The van der Waals surface area contributed by atoms with Crippen molar-refractivity contribution < 1.29 is 49.0 Å². The number of likely N-dealkylation sites (tertiary alicyclic amines) is 1. The lowest BCUT2D eigenvalue weighted by Gasteiger charge is -2.61. The van der Waals surface area contributed by atoms with E-state index in [4.69, 9.17) is 19.3 Å². The topological polar surface area (TPSA) is 163 Å². The average Bonchev–Trinajstić information content (AvgIpc) is 3.15. The molecule has 0 aromatic heterocycles. The Morgan fingerprint density at radius 1 is 1.31 bits per heavy atom. The summed E-state index contributed by atoms with van der Waals surface area (Å²) in [5, 5.41) is 40.6. The number of carboxylic acid groups (broad SMARTS) is 1. The van der Waals surface area contributed by atoms with E-state index >= 15 is 0 Å². The van der Waals surface area contributed by atoms with Crippen molar-refractivity contribution in [2.24, 2.45) is 0 Å². The third-order valence-corrected chi connectivity index (χ3v) is 7.86. The minimum absolute atomic E-state index is 0.0581. The van der Waals surface area contributed by atoms with Crippen LogP contribution in [0.2, 0.25) is 0 Å². The molecular formula is C24H27NO10. The van der Waals surface area contributed by atoms with Gasteiger partial charge >= 0.3 is 17.9 Å². The number of rotatable bonds is 6. The Morgan fingerprint density at radius 2 is 2.06 bits per heavy atom. The number of likely N-dealkylation sites (N-methyl/N-ethyl adjacent to an activating group) is 1. The third-order valence-electron chi connectivity index (χ3n) is 7.86. The molecule has 1 fully saturated rings. The van der Waals surface area contributed by atoms with Crippen LogP contribution in [0.5, 0.6) is 11.5 Å². The summed E-state index contributed by atoms with van der Waals surface area (Å²) < 4.78 is 16.7. The highest BCUT2D eigenvalue weighted by Gasteiger charge is 2.72. The molecule has 1 aromatic carbocycles. The van der Waals surface area contributed by atoms with E-state index in [0.717, 1.165) is 11.1 Å². The highest BCUT2D eigenvalue weighted by Crippen LogP contribution is 2.65. The van der Waals surface area contributed by atoms with Crippen LogP contribution in [0, 0.1) is 0 Å². The first kappa shape index (κ1) is 23.6. The van der Waals surface area contributed by atoms with Crippen LogP contribution in [-0.2, 0) is 35.7 Å². The summed E-state index contributed by atoms with van der Waals surface area (Å²) in [5.74, 6) is -3.20. The standard InChI is InChI=1S/C24H27NO10/c1-11(33-17(28)10-14(27)21(29)30)22(31)34-15-5-6-24(32)16-9-12-3-4-13(26)19-18(12)23(24,20(15)35-19)7-8-25(16)2/h3-5,11,14,16,20,26-27,32H,6-10H2,1-2H3,(H,29,30)/t11-,14-,16+,20-,23-,24+/m0/s1. The largest absolute Gasteiger partial charge is 0.504 e. The molecule has 2 aliphatic heterocycles. The van der Waals surface area contributed by atoms with E-state index in [0.29, 0.717) is 19.4 Å². The van der Waals surface area contributed by atoms with Crippen LogP contribution in [-0.4, -0.2) is 86.8 Å². The first-order valence-electron chi connectivity index (χ1n) is 11.5. The van der Waals surface area contributed by atoms with Gasteiger partial charge in [0.25, 0.3) is 0 Å². The second kappa shape index (κ2) is 7.94. The first-order valence-corrected chi connectivity index (χ1v) is 11.5. The van der Waals surface area contributed by atoms with Crippen LogP contribution in [0.15, 0.2) is 24.0 Å². The number of phenolic OH excluding ortho intramolecular Hbond substituents is 1. The van der Waals surface area contributed by atoms with Crippen LogP contribution < -0.4 is 4.74 Å². The maximum atomic E-state index is 12.8. The van der Waals surface area contributed by atoms with Crippen molar-refractivity contribution in [1.82, 2.24) is 4.90 Å². The molecular weight excluding hydrogens is 462 g/mol. The predicted molar refractivity (Wildman–Crippen MR) is 116 cm³/mol. The van der Waals surface area contributed by atoms with Crippen LogP contribution in [0.1, 0.15) is 37.3 Å². The normalized spacial score (nSPS) is 31.9. The SMILES string of the molecule is C[C@H](OC(=O)C[C@H](O)C(=O)O)C(=O)OC1=CC[C@@]2(O)[C@H]3Cc4ccc(O)c5c4[C@@]2(CCN3C)[C@H]1O5. The number of aliphatic hydroxyl groups excluding tert-OH is 1. The Labute approximate surface area is 200 Å². The summed E-state index contributed by atoms with van der Waals surface area (Å²) in [6, 6.07) is 3.20. The van der Waals surface area contributed by atoms with E-state index in [1.54, 1.807) is 12.1 Å². The van der Waals surface area contributed by atoms with Gasteiger partial charge in [-0.2, -0.15) is 0 Å². The molecule has 11 heteroatoms. The average molecular weight is 489 g/mol. The van der Waals surface area contributed by atoms with Gasteiger partial charge in [0.2, 0.25) is 0 Å². The molecule has 6 atom stereocenters. The number of aliphatic carboxylic acids is 1. The monoisotopic (exact) mass is 489 g/mol. The van der Waals surface area contributed by atoms with Gasteiger partial charge in [0.1, 0.15) is 5.76 Å². The zero-order valence-corrected chi connectivity index (χ0v) is 19.3. The second-order valence-corrected chi connectivity index (χ2v) is 9.71. The predicted octanol–water partition coefficient (Wildman–Crippen LogP) is -0.0196. The minimum Gasteiger partial charge on any atom is -0.504 e. The number of esters is 2. The Bertz CT molecular complexity index is 1150. The maximum absolute atomic E-state index is 12.8. The number of benzene rings is 1. The summed E-state index contributed by atoms with van der Waals surface area (Å²) in [7, 11) is 1.96. The van der Waals surface area contributed by atoms with Crippen molar-refractivity contribution in [3.05, 3.63) is 35.1 Å². The van der Waals surface area contributed by atoms with Gasteiger partial charge in [-0.05, 0) is 51.1 Å². The Balaban J connectivity index is 1.42. The summed E-state index contributed by atoms with van der Waals surface area (Å²) in [5.41, 5.74) is -0.425. The molecule has 2 aliphatic carbocycles. The minimum atomic E-state index is -1.94. The van der Waals surface area contributed by atoms with Crippen LogP contribution in [0.3, 0.4) is 0 Å². The third kappa shape index (κ3) is 3.25. The van der Waals surface area contributed by atoms with Gasteiger partial charge in [-0.25, -0.2) is 9.59 Å². The number of hydrogen-bond donors (Lipinski definition) is 4. The van der Waals surface area contributed by atoms with Crippen LogP contribution in [0.4, 0.5) is 0 Å². The summed E-state index contributed by atoms with van der Waals surface area (Å²) in [4.78, 5) is 37.5. The number of piperidine rings is 1. The molecule has 35 heavy (non-hydrogen) atoms. The van der Waals surface area contributed by atoms with Gasteiger partial charge in [0.05, 0.1) is 17.4 Å². The van der Waals surface area contributed by atoms with Gasteiger partial charge in [-0.3, -0.25) is 4.79 Å². The van der Waals surface area contributed by atoms with E-state index in [1.807, 2.05) is 13.1 Å². The first-order chi connectivity index (χ1) is 16.5. The van der Waals surface area contributed by atoms with E-state index in [1.165, 1.54) is 6.92 Å².